The van der Waals surface area contributed by atoms with Crippen LogP contribution in [0.25, 0.3) is 11.5 Å². The molecule has 1 aliphatic rings. The van der Waals surface area contributed by atoms with Gasteiger partial charge in [-0.25, -0.2) is 4.39 Å². The van der Waals surface area contributed by atoms with E-state index in [1.165, 1.54) is 12.1 Å². The number of likely N-dealkylation sites (N-methyl/N-ethyl adjacent to an activating group) is 1. The molecule has 5 rings (SSSR count). The van der Waals surface area contributed by atoms with Crippen LogP contribution in [0.1, 0.15) is 17.9 Å². The van der Waals surface area contributed by atoms with Gasteiger partial charge in [0.2, 0.25) is 5.89 Å². The normalized spacial score (nSPS) is 14.6. The highest BCUT2D eigenvalue weighted by atomic mass is 19.3. The Labute approximate surface area is 203 Å². The summed E-state index contributed by atoms with van der Waals surface area (Å²) in [5.41, 5.74) is 0.425. The summed E-state index contributed by atoms with van der Waals surface area (Å²) in [6.45, 7) is 2.68. The second-order valence-corrected chi connectivity index (χ2v) is 8.62. The Morgan fingerprint density at radius 3 is 2.36 bits per heavy atom. The van der Waals surface area contributed by atoms with Gasteiger partial charge in [0.15, 0.2) is 0 Å². The Bertz CT molecular complexity index is 1440. The molecule has 0 saturated carbocycles. The van der Waals surface area contributed by atoms with Gasteiger partial charge >= 0.3 is 6.43 Å². The minimum absolute atomic E-state index is 0.0339. The molecule has 0 amide bonds. The zero-order valence-electron chi connectivity index (χ0n) is 19.3. The van der Waals surface area contributed by atoms with Gasteiger partial charge in [-0.1, -0.05) is 24.3 Å². The van der Waals surface area contributed by atoms with Crippen molar-refractivity contribution in [3.8, 4) is 11.5 Å². The number of para-hydroxylation sites is 1. The number of hydrogen-bond donors (Lipinski definition) is 0. The number of piperazine rings is 1. The fourth-order valence-electron chi connectivity index (χ4n) is 4.27. The molecule has 3 aromatic carbocycles. The summed E-state index contributed by atoms with van der Waals surface area (Å²) in [6.07, 6.45) is -2.93. The summed E-state index contributed by atoms with van der Waals surface area (Å²) in [6, 6.07) is 13.0. The SMILES string of the molecule is CN1CCN(c2c(N(Cc3ccc(-c4nnc(C(F)F)o4)cc3F)c3ccccc3)c(=O)c2=O)CC1. The van der Waals surface area contributed by atoms with Gasteiger partial charge in [-0.2, -0.15) is 8.78 Å². The third-order valence-electron chi connectivity index (χ3n) is 6.27. The predicted molar refractivity (Wildman–Crippen MR) is 128 cm³/mol. The van der Waals surface area contributed by atoms with E-state index >= 15 is 4.39 Å². The number of halogens is 3. The molecular weight excluding hydrogens is 475 g/mol. The van der Waals surface area contributed by atoms with E-state index in [1.807, 2.05) is 18.0 Å². The number of anilines is 3. The van der Waals surface area contributed by atoms with Crippen molar-refractivity contribution in [2.75, 3.05) is 43.0 Å². The minimum atomic E-state index is -2.93. The van der Waals surface area contributed by atoms with E-state index in [0.717, 1.165) is 19.2 Å². The lowest BCUT2D eigenvalue weighted by Crippen LogP contribution is -2.51. The van der Waals surface area contributed by atoms with Crippen LogP contribution in [-0.2, 0) is 6.54 Å². The largest absolute Gasteiger partial charge is 0.415 e. The maximum atomic E-state index is 15.2. The van der Waals surface area contributed by atoms with Gasteiger partial charge in [-0.15, -0.1) is 10.2 Å². The molecule has 1 aliphatic heterocycles. The number of hydrogen-bond acceptors (Lipinski definition) is 8. The van der Waals surface area contributed by atoms with Crippen LogP contribution in [0.4, 0.5) is 30.2 Å². The number of aromatic nitrogens is 2. The fraction of sp³-hybridized carbons (Fsp3) is 0.280. The lowest BCUT2D eigenvalue weighted by molar-refractivity contribution is 0.116. The molecule has 0 atom stereocenters. The average Bonchev–Trinajstić information content (AvgIpc) is 3.39. The number of benzene rings is 2. The van der Waals surface area contributed by atoms with E-state index in [1.54, 1.807) is 29.2 Å². The summed E-state index contributed by atoms with van der Waals surface area (Å²) in [7, 11) is 1.99. The van der Waals surface area contributed by atoms with E-state index < -0.39 is 29.0 Å². The number of rotatable bonds is 7. The molecule has 0 bridgehead atoms. The highest BCUT2D eigenvalue weighted by Gasteiger charge is 2.32. The molecular formula is C25H22F3N5O3. The summed E-state index contributed by atoms with van der Waals surface area (Å²) in [5, 5.41) is 6.82. The van der Waals surface area contributed by atoms with Gasteiger partial charge in [0.1, 0.15) is 17.2 Å². The van der Waals surface area contributed by atoms with Crippen LogP contribution < -0.4 is 20.7 Å². The standard InChI is InChI=1S/C25H22F3N5O3/c1-31-9-11-32(12-10-31)19-20(22(35)21(19)34)33(17-5-3-2-4-6-17)14-16-8-7-15(13-18(16)26)24-29-30-25(36-24)23(27)28/h2-8,13,23H,9-12,14H2,1H3. The fourth-order valence-corrected chi connectivity index (χ4v) is 4.27. The molecule has 1 aromatic heterocycles. The molecule has 1 fully saturated rings. The molecule has 0 spiro atoms. The highest BCUT2D eigenvalue weighted by Crippen LogP contribution is 2.34. The van der Waals surface area contributed by atoms with Crippen LogP contribution in [0, 0.1) is 5.82 Å². The quantitative estimate of drug-likeness (QED) is 0.359. The van der Waals surface area contributed by atoms with Crippen LogP contribution in [0.15, 0.2) is 62.5 Å². The molecule has 0 radical (unpaired) electrons. The van der Waals surface area contributed by atoms with Gasteiger partial charge in [0.25, 0.3) is 16.7 Å². The summed E-state index contributed by atoms with van der Waals surface area (Å²) in [4.78, 5) is 31.1. The van der Waals surface area contributed by atoms with E-state index in [0.29, 0.717) is 24.5 Å². The molecule has 36 heavy (non-hydrogen) atoms. The topological polar surface area (TPSA) is 82.8 Å². The molecule has 2 heterocycles. The molecule has 4 aromatic rings. The maximum Gasteiger partial charge on any atom is 0.314 e. The zero-order valence-corrected chi connectivity index (χ0v) is 19.3. The first-order valence-corrected chi connectivity index (χ1v) is 11.3. The second-order valence-electron chi connectivity index (χ2n) is 8.62. The Hall–Kier alpha value is -3.99. The summed E-state index contributed by atoms with van der Waals surface area (Å²) < 4.78 is 45.6. The third kappa shape index (κ3) is 4.37. The van der Waals surface area contributed by atoms with Crippen molar-refractivity contribution in [1.29, 1.82) is 0 Å². The van der Waals surface area contributed by atoms with Gasteiger partial charge in [-0.3, -0.25) is 9.59 Å². The van der Waals surface area contributed by atoms with Crippen LogP contribution in [0.2, 0.25) is 0 Å². The second kappa shape index (κ2) is 9.57. The zero-order chi connectivity index (χ0) is 25.4. The summed E-state index contributed by atoms with van der Waals surface area (Å²) >= 11 is 0. The molecule has 186 valence electrons. The monoisotopic (exact) mass is 497 g/mol. The van der Waals surface area contributed by atoms with E-state index in [4.69, 9.17) is 4.42 Å². The van der Waals surface area contributed by atoms with Crippen molar-refractivity contribution in [3.63, 3.8) is 0 Å². The molecule has 1 saturated heterocycles. The average molecular weight is 497 g/mol. The Morgan fingerprint density at radius 2 is 1.72 bits per heavy atom. The summed E-state index contributed by atoms with van der Waals surface area (Å²) in [5.74, 6) is -1.72. The highest BCUT2D eigenvalue weighted by molar-refractivity contribution is 5.81. The van der Waals surface area contributed by atoms with Crippen molar-refractivity contribution in [1.82, 2.24) is 15.1 Å². The van der Waals surface area contributed by atoms with Gasteiger partial charge in [0, 0.05) is 43.0 Å². The van der Waals surface area contributed by atoms with Crippen LogP contribution in [-0.4, -0.2) is 48.3 Å². The van der Waals surface area contributed by atoms with E-state index in [9.17, 15) is 18.4 Å². The van der Waals surface area contributed by atoms with Crippen molar-refractivity contribution < 1.29 is 17.6 Å². The maximum absolute atomic E-state index is 15.2. The van der Waals surface area contributed by atoms with Crippen LogP contribution in [0.3, 0.4) is 0 Å². The van der Waals surface area contributed by atoms with Crippen molar-refractivity contribution >= 4 is 17.1 Å². The van der Waals surface area contributed by atoms with E-state index in [-0.39, 0.29) is 29.2 Å². The van der Waals surface area contributed by atoms with Gasteiger partial charge < -0.3 is 19.1 Å². The molecule has 0 N–H and O–H groups in total. The van der Waals surface area contributed by atoms with Gasteiger partial charge in [-0.05, 0) is 31.3 Å². The molecule has 8 nitrogen and oxygen atoms in total. The van der Waals surface area contributed by atoms with E-state index in [2.05, 4.69) is 15.1 Å². The third-order valence-corrected chi connectivity index (χ3v) is 6.27. The molecule has 0 unspecified atom stereocenters. The number of nitrogens with zero attached hydrogens (tertiary/aromatic N) is 5. The molecule has 0 aliphatic carbocycles. The Balaban J connectivity index is 1.49. The first kappa shape index (κ1) is 23.7. The first-order chi connectivity index (χ1) is 17.3. The Morgan fingerprint density at radius 1 is 1.00 bits per heavy atom. The van der Waals surface area contributed by atoms with Crippen LogP contribution in [0.5, 0.6) is 0 Å². The van der Waals surface area contributed by atoms with Gasteiger partial charge in [0.05, 0.1) is 6.54 Å². The number of alkyl halides is 2. The Kier molecular flexibility index (Phi) is 6.31. The van der Waals surface area contributed by atoms with Crippen molar-refractivity contribution in [2.45, 2.75) is 13.0 Å². The van der Waals surface area contributed by atoms with Crippen LogP contribution >= 0.6 is 0 Å². The first-order valence-electron chi connectivity index (χ1n) is 11.3. The smallest absolute Gasteiger partial charge is 0.314 e. The van der Waals surface area contributed by atoms with Crippen molar-refractivity contribution in [3.05, 3.63) is 86.2 Å². The predicted octanol–water partition coefficient (Wildman–Crippen LogP) is 3.50. The van der Waals surface area contributed by atoms with Crippen molar-refractivity contribution in [2.24, 2.45) is 0 Å². The minimum Gasteiger partial charge on any atom is -0.415 e. The molecule has 11 heteroatoms. The lowest BCUT2D eigenvalue weighted by atomic mass is 10.1. The lowest BCUT2D eigenvalue weighted by Gasteiger charge is -2.37.